The normalized spacial score (nSPS) is 10.6. The first kappa shape index (κ1) is 33.1. The number of hydrogen-bond acceptors (Lipinski definition) is 8. The number of aryl methyl sites for hydroxylation is 3. The van der Waals surface area contributed by atoms with Gasteiger partial charge in [-0.3, -0.25) is 0 Å². The molecule has 0 radical (unpaired) electrons. The third-order valence-electron chi connectivity index (χ3n) is 6.75. The van der Waals surface area contributed by atoms with Crippen molar-refractivity contribution in [1.82, 2.24) is 0 Å². The van der Waals surface area contributed by atoms with E-state index < -0.39 is 38.7 Å². The number of carbonyl (C=O) groups is 2. The Balaban J connectivity index is 1.67. The number of esters is 2. The molecule has 0 aliphatic carbocycles. The fourth-order valence-electron chi connectivity index (χ4n) is 4.14. The second-order valence-electron chi connectivity index (χ2n) is 10.1. The monoisotopic (exact) mass is 588 g/mol. The van der Waals surface area contributed by atoms with Crippen molar-refractivity contribution in [3.05, 3.63) is 108 Å². The third kappa shape index (κ3) is 11.1. The van der Waals surface area contributed by atoms with Crippen LogP contribution in [0.15, 0.2) is 91.0 Å². The van der Waals surface area contributed by atoms with Crippen molar-refractivity contribution in [3.8, 4) is 22.6 Å². The third-order valence-corrected chi connectivity index (χ3v) is 6.75. The molecule has 0 bridgehead atoms. The summed E-state index contributed by atoms with van der Waals surface area (Å²) in [6.07, 6.45) is 6.70. The molecule has 0 saturated heterocycles. The molecule has 0 spiro atoms. The summed E-state index contributed by atoms with van der Waals surface area (Å²) in [5.41, 5.74) is 5.37. The molecular formula is C35H40O8. The summed E-state index contributed by atoms with van der Waals surface area (Å²) in [7, 11) is 0. The highest BCUT2D eigenvalue weighted by atomic mass is 16.7. The van der Waals surface area contributed by atoms with Crippen LogP contribution in [0.25, 0.3) is 11.1 Å². The van der Waals surface area contributed by atoms with E-state index in [0.717, 1.165) is 30.4 Å². The summed E-state index contributed by atoms with van der Waals surface area (Å²) in [4.78, 5) is 23.6. The minimum absolute atomic E-state index is 0.0906. The maximum absolute atomic E-state index is 11.8. The fourth-order valence-corrected chi connectivity index (χ4v) is 4.14. The number of aliphatic hydroxyl groups excluding tert-OH is 2. The zero-order chi connectivity index (χ0) is 31.0. The Morgan fingerprint density at radius 1 is 0.628 bits per heavy atom. The summed E-state index contributed by atoms with van der Waals surface area (Å²) in [5, 5.41) is 18.1. The molecule has 0 amide bonds. The zero-order valence-electron chi connectivity index (χ0n) is 24.7. The minimum atomic E-state index is -0.773. The summed E-state index contributed by atoms with van der Waals surface area (Å²) in [6, 6.07) is 22.1. The second kappa shape index (κ2) is 17.5. The van der Waals surface area contributed by atoms with Gasteiger partial charge in [0.1, 0.15) is 11.5 Å². The Bertz CT molecular complexity index is 1310. The van der Waals surface area contributed by atoms with E-state index in [1.807, 2.05) is 12.1 Å². The number of hydrogen-bond donors (Lipinski definition) is 2. The van der Waals surface area contributed by atoms with E-state index in [1.54, 1.807) is 18.2 Å². The van der Waals surface area contributed by atoms with Crippen LogP contribution < -0.4 is 9.47 Å². The van der Waals surface area contributed by atoms with E-state index >= 15 is 0 Å². The van der Waals surface area contributed by atoms with Crippen molar-refractivity contribution >= 4 is 11.9 Å². The first-order chi connectivity index (χ1) is 20.8. The first-order valence-corrected chi connectivity index (χ1v) is 14.3. The van der Waals surface area contributed by atoms with Crippen molar-refractivity contribution in [2.24, 2.45) is 0 Å². The Labute approximate surface area is 253 Å². The van der Waals surface area contributed by atoms with Crippen molar-refractivity contribution in [1.29, 1.82) is 0 Å². The Kier molecular flexibility index (Phi) is 13.5. The zero-order valence-corrected chi connectivity index (χ0v) is 24.7. The summed E-state index contributed by atoms with van der Waals surface area (Å²) in [6.45, 7) is 7.20. The highest BCUT2D eigenvalue weighted by Gasteiger charge is 2.11. The van der Waals surface area contributed by atoms with Crippen LogP contribution in [0.1, 0.15) is 42.9 Å². The molecule has 8 nitrogen and oxygen atoms in total. The Hall–Kier alpha value is -4.40. The SMILES string of the molecule is C=C(CO)C(=O)OCOc1cc(OCOC(=O)C(=C)CO)cc(-c2ccc(CCc3ccc(CCCCC)cc3)cc2)c1. The van der Waals surface area contributed by atoms with E-state index in [9.17, 15) is 9.59 Å². The second-order valence-corrected chi connectivity index (χ2v) is 10.1. The molecule has 2 N–H and O–H groups in total. The van der Waals surface area contributed by atoms with E-state index in [2.05, 4.69) is 56.5 Å². The van der Waals surface area contributed by atoms with Gasteiger partial charge in [0, 0.05) is 6.07 Å². The molecule has 0 heterocycles. The number of carbonyl (C=O) groups excluding carboxylic acids is 2. The molecule has 3 aromatic rings. The van der Waals surface area contributed by atoms with Crippen LogP contribution in [0.4, 0.5) is 0 Å². The van der Waals surface area contributed by atoms with E-state index in [0.29, 0.717) is 11.5 Å². The van der Waals surface area contributed by atoms with Crippen molar-refractivity contribution in [3.63, 3.8) is 0 Å². The number of rotatable bonds is 18. The van der Waals surface area contributed by atoms with E-state index in [1.165, 1.54) is 36.0 Å². The lowest BCUT2D eigenvalue weighted by molar-refractivity contribution is -0.146. The molecule has 0 saturated carbocycles. The minimum Gasteiger partial charge on any atom is -0.457 e. The predicted molar refractivity (Wildman–Crippen MR) is 165 cm³/mol. The molecule has 0 aliphatic rings. The molecule has 43 heavy (non-hydrogen) atoms. The molecule has 0 aromatic heterocycles. The lowest BCUT2D eigenvalue weighted by atomic mass is 9.99. The molecule has 0 aliphatic heterocycles. The number of aliphatic hydroxyl groups is 2. The maximum atomic E-state index is 11.8. The van der Waals surface area contributed by atoms with Gasteiger partial charge in [-0.1, -0.05) is 81.5 Å². The largest absolute Gasteiger partial charge is 0.457 e. The summed E-state index contributed by atoms with van der Waals surface area (Å²) < 4.78 is 21.2. The van der Waals surface area contributed by atoms with Gasteiger partial charge in [-0.25, -0.2) is 9.59 Å². The van der Waals surface area contributed by atoms with Crippen molar-refractivity contribution in [2.75, 3.05) is 26.8 Å². The van der Waals surface area contributed by atoms with Crippen LogP contribution in [0, 0.1) is 0 Å². The van der Waals surface area contributed by atoms with Gasteiger partial charge in [0.15, 0.2) is 0 Å². The van der Waals surface area contributed by atoms with Crippen LogP contribution in [0.2, 0.25) is 0 Å². The molecule has 0 fully saturated rings. The standard InChI is InChI=1S/C35H40O8/c1-4-5-6-7-27-8-10-28(11-9-27)12-13-29-14-16-30(17-15-29)31-18-32(40-23-42-34(38)25(2)21-36)20-33(19-31)41-24-43-35(39)26(3)22-37/h8-11,14-20,36-37H,2-7,12-13,21-24H2,1H3. The molecule has 0 unspecified atom stereocenters. The predicted octanol–water partition coefficient (Wildman–Crippen LogP) is 5.73. The maximum Gasteiger partial charge on any atom is 0.338 e. The van der Waals surface area contributed by atoms with Crippen molar-refractivity contribution < 1.29 is 38.7 Å². The van der Waals surface area contributed by atoms with Crippen LogP contribution in [0.5, 0.6) is 11.5 Å². The van der Waals surface area contributed by atoms with Crippen LogP contribution >= 0.6 is 0 Å². The van der Waals surface area contributed by atoms with Gasteiger partial charge in [-0.05, 0) is 65.6 Å². The van der Waals surface area contributed by atoms with Gasteiger partial charge in [-0.15, -0.1) is 0 Å². The molecule has 3 aromatic carbocycles. The van der Waals surface area contributed by atoms with E-state index in [4.69, 9.17) is 29.2 Å². The van der Waals surface area contributed by atoms with Gasteiger partial charge in [-0.2, -0.15) is 0 Å². The fraction of sp³-hybridized carbons (Fsp3) is 0.314. The highest BCUT2D eigenvalue weighted by Crippen LogP contribution is 2.30. The number of ether oxygens (including phenoxy) is 4. The smallest absolute Gasteiger partial charge is 0.338 e. The molecule has 3 rings (SSSR count). The molecule has 8 heteroatoms. The number of benzene rings is 3. The van der Waals surface area contributed by atoms with Crippen LogP contribution in [0.3, 0.4) is 0 Å². The molecule has 0 atom stereocenters. The lowest BCUT2D eigenvalue weighted by Crippen LogP contribution is -2.14. The van der Waals surface area contributed by atoms with Gasteiger partial charge in [0.2, 0.25) is 13.6 Å². The average Bonchev–Trinajstić information content (AvgIpc) is 3.03. The average molecular weight is 589 g/mol. The summed E-state index contributed by atoms with van der Waals surface area (Å²) >= 11 is 0. The highest BCUT2D eigenvalue weighted by molar-refractivity contribution is 5.88. The number of unbranched alkanes of at least 4 members (excludes halogenated alkanes) is 2. The molecular weight excluding hydrogens is 548 g/mol. The van der Waals surface area contributed by atoms with Gasteiger partial charge in [0.25, 0.3) is 0 Å². The van der Waals surface area contributed by atoms with Crippen LogP contribution in [-0.2, 0) is 38.3 Å². The lowest BCUT2D eigenvalue weighted by Gasteiger charge is -2.13. The van der Waals surface area contributed by atoms with Crippen molar-refractivity contribution in [2.45, 2.75) is 45.4 Å². The van der Waals surface area contributed by atoms with E-state index in [-0.39, 0.29) is 11.1 Å². The van der Waals surface area contributed by atoms with Gasteiger partial charge >= 0.3 is 11.9 Å². The Morgan fingerprint density at radius 2 is 1.07 bits per heavy atom. The first-order valence-electron chi connectivity index (χ1n) is 14.3. The molecule has 228 valence electrons. The summed E-state index contributed by atoms with van der Waals surface area (Å²) in [5.74, 6) is -0.874. The topological polar surface area (TPSA) is 112 Å². The quantitative estimate of drug-likeness (QED) is 0.0839. The van der Waals surface area contributed by atoms with Gasteiger partial charge in [0.05, 0.1) is 24.4 Å². The Morgan fingerprint density at radius 3 is 1.51 bits per heavy atom. The van der Waals surface area contributed by atoms with Crippen LogP contribution in [-0.4, -0.2) is 49.0 Å². The van der Waals surface area contributed by atoms with Gasteiger partial charge < -0.3 is 29.2 Å².